The van der Waals surface area contributed by atoms with Crippen LogP contribution in [-0.4, -0.2) is 79.6 Å². The number of rotatable bonds is 10. The lowest BCUT2D eigenvalue weighted by atomic mass is 10.1. The fraction of sp³-hybridized carbons (Fsp3) is 0.290. The highest BCUT2D eigenvalue weighted by Crippen LogP contribution is 2.19. The molecule has 3 aromatic rings. The molecule has 8 heteroatoms. The van der Waals surface area contributed by atoms with Gasteiger partial charge in [-0.05, 0) is 29.8 Å². The van der Waals surface area contributed by atoms with Crippen LogP contribution >= 0.6 is 15.9 Å². The van der Waals surface area contributed by atoms with Gasteiger partial charge in [0.05, 0.1) is 13.5 Å². The first-order chi connectivity index (χ1) is 19.0. The highest BCUT2D eigenvalue weighted by molar-refractivity contribution is 9.10. The van der Waals surface area contributed by atoms with E-state index in [1.165, 1.54) is 0 Å². The van der Waals surface area contributed by atoms with Gasteiger partial charge in [-0.15, -0.1) is 0 Å². The van der Waals surface area contributed by atoms with Crippen LogP contribution in [0.15, 0.2) is 89.4 Å². The summed E-state index contributed by atoms with van der Waals surface area (Å²) in [7, 11) is 1.66. The maximum Gasteiger partial charge on any atom is 0.321 e. The molecular formula is C31H35BrN4O3. The van der Waals surface area contributed by atoms with Crippen molar-refractivity contribution in [1.29, 1.82) is 0 Å². The van der Waals surface area contributed by atoms with Crippen LogP contribution in [0.2, 0.25) is 0 Å². The van der Waals surface area contributed by atoms with E-state index >= 15 is 0 Å². The fourth-order valence-corrected chi connectivity index (χ4v) is 4.92. The van der Waals surface area contributed by atoms with E-state index < -0.39 is 0 Å². The van der Waals surface area contributed by atoms with E-state index in [4.69, 9.17) is 4.74 Å². The van der Waals surface area contributed by atoms with Gasteiger partial charge in [-0.25, -0.2) is 4.79 Å². The van der Waals surface area contributed by atoms with Gasteiger partial charge in [-0.1, -0.05) is 82.7 Å². The molecule has 1 aliphatic heterocycles. The van der Waals surface area contributed by atoms with Gasteiger partial charge in [0.2, 0.25) is 5.91 Å². The van der Waals surface area contributed by atoms with Crippen LogP contribution in [0, 0.1) is 0 Å². The number of methoxy groups -OCH3 is 1. The van der Waals surface area contributed by atoms with Crippen molar-refractivity contribution in [3.8, 4) is 5.75 Å². The summed E-state index contributed by atoms with van der Waals surface area (Å²) < 4.78 is 6.37. The molecule has 0 aromatic heterocycles. The molecule has 0 saturated carbocycles. The van der Waals surface area contributed by atoms with Crippen LogP contribution in [0.25, 0.3) is 6.08 Å². The van der Waals surface area contributed by atoms with E-state index in [1.807, 2.05) is 101 Å². The highest BCUT2D eigenvalue weighted by Gasteiger charge is 2.22. The number of carbonyl (C=O) groups is 2. The number of anilines is 1. The average molecular weight is 592 g/mol. The van der Waals surface area contributed by atoms with Crippen LogP contribution in [-0.2, 0) is 11.2 Å². The smallest absolute Gasteiger partial charge is 0.321 e. The molecule has 3 amide bonds. The molecule has 1 aliphatic rings. The quantitative estimate of drug-likeness (QED) is 0.344. The van der Waals surface area contributed by atoms with Crippen molar-refractivity contribution in [3.05, 3.63) is 101 Å². The largest absolute Gasteiger partial charge is 0.496 e. The molecule has 0 spiro atoms. The number of hydrogen-bond acceptors (Lipinski definition) is 4. The van der Waals surface area contributed by atoms with Gasteiger partial charge in [0.1, 0.15) is 5.75 Å². The Kier molecular flexibility index (Phi) is 10.6. The second-order valence-corrected chi connectivity index (χ2v) is 10.3. The minimum Gasteiger partial charge on any atom is -0.496 e. The zero-order valence-corrected chi connectivity index (χ0v) is 23.8. The Morgan fingerprint density at radius 1 is 0.974 bits per heavy atom. The standard InChI is InChI=1S/C31H35BrN4O3/c1-39-29-15-6-5-11-26(29)12-8-16-35(30(37)23-25-9-3-2-4-10-25)20-17-34-18-21-36(22-19-34)31(38)33-28-14-7-13-27(32)24-28/h2-15,24H,16-23H2,1H3,(H,33,38)/b12-8+. The van der Waals surface area contributed by atoms with Crippen molar-refractivity contribution in [3.63, 3.8) is 0 Å². The van der Waals surface area contributed by atoms with Crippen molar-refractivity contribution in [2.24, 2.45) is 0 Å². The summed E-state index contributed by atoms with van der Waals surface area (Å²) in [5, 5.41) is 2.97. The Balaban J connectivity index is 1.32. The Morgan fingerprint density at radius 2 is 1.72 bits per heavy atom. The third-order valence-electron chi connectivity index (χ3n) is 6.73. The average Bonchev–Trinajstić information content (AvgIpc) is 2.95. The number of nitrogens with one attached hydrogen (secondary N) is 1. The summed E-state index contributed by atoms with van der Waals surface area (Å²) in [6.45, 7) is 4.71. The van der Waals surface area contributed by atoms with Gasteiger partial charge in [-0.2, -0.15) is 0 Å². The first-order valence-electron chi connectivity index (χ1n) is 13.2. The van der Waals surface area contributed by atoms with E-state index in [9.17, 15) is 9.59 Å². The second-order valence-electron chi connectivity index (χ2n) is 9.42. The normalized spacial score (nSPS) is 13.8. The predicted octanol–water partition coefficient (Wildman–Crippen LogP) is 5.39. The van der Waals surface area contributed by atoms with Gasteiger partial charge in [-0.3, -0.25) is 9.69 Å². The Morgan fingerprint density at radius 3 is 2.46 bits per heavy atom. The lowest BCUT2D eigenvalue weighted by Gasteiger charge is -2.35. The highest BCUT2D eigenvalue weighted by atomic mass is 79.9. The van der Waals surface area contributed by atoms with Crippen LogP contribution < -0.4 is 10.1 Å². The molecule has 0 radical (unpaired) electrons. The number of ether oxygens (including phenoxy) is 1. The molecule has 39 heavy (non-hydrogen) atoms. The lowest BCUT2D eigenvalue weighted by Crippen LogP contribution is -2.51. The molecule has 1 heterocycles. The summed E-state index contributed by atoms with van der Waals surface area (Å²) in [6, 6.07) is 25.2. The molecule has 204 valence electrons. The molecule has 1 fully saturated rings. The summed E-state index contributed by atoms with van der Waals surface area (Å²) in [6.07, 6.45) is 4.39. The van der Waals surface area contributed by atoms with Crippen molar-refractivity contribution in [1.82, 2.24) is 14.7 Å². The van der Waals surface area contributed by atoms with Gasteiger partial charge in [0.15, 0.2) is 0 Å². The maximum atomic E-state index is 13.3. The Labute approximate surface area is 239 Å². The van der Waals surface area contributed by atoms with Crippen molar-refractivity contribution < 1.29 is 14.3 Å². The number of nitrogens with zero attached hydrogens (tertiary/aromatic N) is 3. The van der Waals surface area contributed by atoms with Crippen molar-refractivity contribution >= 4 is 39.6 Å². The number of urea groups is 1. The van der Waals surface area contributed by atoms with Gasteiger partial charge < -0.3 is 19.9 Å². The lowest BCUT2D eigenvalue weighted by molar-refractivity contribution is -0.130. The van der Waals surface area contributed by atoms with E-state index in [0.717, 1.165) is 46.7 Å². The van der Waals surface area contributed by atoms with Gasteiger partial charge in [0.25, 0.3) is 0 Å². The number of hydrogen-bond donors (Lipinski definition) is 1. The summed E-state index contributed by atoms with van der Waals surface area (Å²) >= 11 is 3.44. The number of para-hydroxylation sites is 1. The SMILES string of the molecule is COc1ccccc1/C=C/CN(CCN1CCN(C(=O)Nc2cccc(Br)c2)CC1)C(=O)Cc1ccccc1. The molecule has 4 rings (SSSR count). The number of amides is 3. The molecule has 0 atom stereocenters. The number of piperazine rings is 1. The summed E-state index contributed by atoms with van der Waals surface area (Å²) in [5.74, 6) is 0.899. The molecule has 0 aliphatic carbocycles. The Hall–Kier alpha value is -3.62. The molecular weight excluding hydrogens is 556 g/mol. The van der Waals surface area contributed by atoms with Crippen molar-refractivity contribution in [2.75, 3.05) is 58.2 Å². The summed E-state index contributed by atoms with van der Waals surface area (Å²) in [5.41, 5.74) is 2.75. The zero-order valence-electron chi connectivity index (χ0n) is 22.3. The second kappa shape index (κ2) is 14.5. The minimum absolute atomic E-state index is 0.0890. The zero-order chi connectivity index (χ0) is 27.5. The number of benzene rings is 3. The predicted molar refractivity (Wildman–Crippen MR) is 160 cm³/mol. The molecule has 3 aromatic carbocycles. The van der Waals surface area contributed by atoms with Crippen LogP contribution in [0.4, 0.5) is 10.5 Å². The molecule has 7 nitrogen and oxygen atoms in total. The number of halogens is 1. The van der Waals surface area contributed by atoms with E-state index in [2.05, 4.69) is 26.1 Å². The van der Waals surface area contributed by atoms with Crippen LogP contribution in [0.1, 0.15) is 11.1 Å². The molecule has 1 saturated heterocycles. The maximum absolute atomic E-state index is 13.3. The third-order valence-corrected chi connectivity index (χ3v) is 7.23. The van der Waals surface area contributed by atoms with Crippen LogP contribution in [0.5, 0.6) is 5.75 Å². The topological polar surface area (TPSA) is 65.1 Å². The molecule has 0 unspecified atom stereocenters. The minimum atomic E-state index is -0.0890. The fourth-order valence-electron chi connectivity index (χ4n) is 4.52. The van der Waals surface area contributed by atoms with Crippen molar-refractivity contribution in [2.45, 2.75) is 6.42 Å². The summed E-state index contributed by atoms with van der Waals surface area (Å²) in [4.78, 5) is 32.0. The van der Waals surface area contributed by atoms with E-state index in [1.54, 1.807) is 7.11 Å². The molecule has 0 bridgehead atoms. The monoisotopic (exact) mass is 590 g/mol. The number of carbonyl (C=O) groups excluding carboxylic acids is 2. The van der Waals surface area contributed by atoms with Crippen LogP contribution in [0.3, 0.4) is 0 Å². The van der Waals surface area contributed by atoms with E-state index in [0.29, 0.717) is 32.6 Å². The first kappa shape index (κ1) is 28.4. The van der Waals surface area contributed by atoms with Gasteiger partial charge in [0, 0.05) is 61.5 Å². The van der Waals surface area contributed by atoms with E-state index in [-0.39, 0.29) is 11.9 Å². The molecule has 1 N–H and O–H groups in total. The first-order valence-corrected chi connectivity index (χ1v) is 14.0. The van der Waals surface area contributed by atoms with Gasteiger partial charge >= 0.3 is 6.03 Å². The third kappa shape index (κ3) is 8.70. The Bertz CT molecular complexity index is 1260.